The van der Waals surface area contributed by atoms with E-state index < -0.39 is 0 Å². The van der Waals surface area contributed by atoms with Crippen LogP contribution < -0.4 is 5.73 Å². The Bertz CT molecular complexity index is 491. The Morgan fingerprint density at radius 2 is 2.29 bits per heavy atom. The lowest BCUT2D eigenvalue weighted by Gasteiger charge is -2.04. The van der Waals surface area contributed by atoms with Gasteiger partial charge < -0.3 is 10.3 Å². The molecule has 2 aromatic heterocycles. The minimum Gasteiger partial charge on any atom is -0.339 e. The molecule has 0 bridgehead atoms. The first-order valence-electron chi connectivity index (χ1n) is 5.71. The topological polar surface area (TPSA) is 77.8 Å². The van der Waals surface area contributed by atoms with E-state index in [0.29, 0.717) is 18.3 Å². The summed E-state index contributed by atoms with van der Waals surface area (Å²) in [5.74, 6) is 1.32. The van der Waals surface area contributed by atoms with E-state index >= 15 is 0 Å². The van der Waals surface area contributed by atoms with Crippen LogP contribution in [0.25, 0.3) is 11.4 Å². The molecule has 5 nitrogen and oxygen atoms in total. The average Bonchev–Trinajstić information content (AvgIpc) is 2.81. The minimum atomic E-state index is 0.133. The van der Waals surface area contributed by atoms with Gasteiger partial charge in [-0.15, -0.1) is 0 Å². The summed E-state index contributed by atoms with van der Waals surface area (Å²) in [5, 5.41) is 3.98. The Morgan fingerprint density at radius 1 is 1.47 bits per heavy atom. The lowest BCUT2D eigenvalue weighted by molar-refractivity contribution is 0.351. The predicted molar refractivity (Wildman–Crippen MR) is 64.4 cm³/mol. The van der Waals surface area contributed by atoms with E-state index in [1.807, 2.05) is 13.0 Å². The molecule has 17 heavy (non-hydrogen) atoms. The smallest absolute Gasteiger partial charge is 0.231 e. The summed E-state index contributed by atoms with van der Waals surface area (Å²) in [6.07, 6.45) is 4.38. The Kier molecular flexibility index (Phi) is 3.49. The van der Waals surface area contributed by atoms with Crippen molar-refractivity contribution in [2.45, 2.75) is 26.2 Å². The summed E-state index contributed by atoms with van der Waals surface area (Å²) >= 11 is 0. The third-order valence-electron chi connectivity index (χ3n) is 2.85. The first-order valence-corrected chi connectivity index (χ1v) is 5.71. The van der Waals surface area contributed by atoms with Gasteiger partial charge in [0.25, 0.3) is 0 Å². The van der Waals surface area contributed by atoms with Crippen LogP contribution in [0, 0.1) is 6.92 Å². The second kappa shape index (κ2) is 5.05. The van der Waals surface area contributed by atoms with Gasteiger partial charge in [0.1, 0.15) is 0 Å². The first-order chi connectivity index (χ1) is 8.26. The summed E-state index contributed by atoms with van der Waals surface area (Å²) in [7, 11) is 0. The van der Waals surface area contributed by atoms with Gasteiger partial charge in [0.2, 0.25) is 11.7 Å². The van der Waals surface area contributed by atoms with Gasteiger partial charge in [-0.25, -0.2) is 0 Å². The molecule has 2 rings (SSSR count). The molecule has 2 N–H and O–H groups in total. The fraction of sp³-hybridized carbons (Fsp3) is 0.417. The van der Waals surface area contributed by atoms with Gasteiger partial charge in [-0.3, -0.25) is 4.98 Å². The monoisotopic (exact) mass is 232 g/mol. The van der Waals surface area contributed by atoms with E-state index in [1.165, 1.54) is 0 Å². The van der Waals surface area contributed by atoms with Crippen LogP contribution in [-0.4, -0.2) is 21.7 Å². The summed E-state index contributed by atoms with van der Waals surface area (Å²) in [6, 6.07) is 1.92. The largest absolute Gasteiger partial charge is 0.339 e. The molecule has 0 aromatic carbocycles. The zero-order valence-electron chi connectivity index (χ0n) is 10.1. The quantitative estimate of drug-likeness (QED) is 0.870. The van der Waals surface area contributed by atoms with Crippen molar-refractivity contribution in [1.82, 2.24) is 15.1 Å². The van der Waals surface area contributed by atoms with E-state index in [2.05, 4.69) is 22.0 Å². The summed E-state index contributed by atoms with van der Waals surface area (Å²) < 4.78 is 5.25. The van der Waals surface area contributed by atoms with E-state index in [-0.39, 0.29) is 5.92 Å². The van der Waals surface area contributed by atoms with E-state index in [9.17, 15) is 0 Å². The second-order valence-electron chi connectivity index (χ2n) is 3.99. The Balaban J connectivity index is 2.33. The van der Waals surface area contributed by atoms with Crippen LogP contribution in [0.4, 0.5) is 0 Å². The van der Waals surface area contributed by atoms with Gasteiger partial charge >= 0.3 is 0 Å². The average molecular weight is 232 g/mol. The van der Waals surface area contributed by atoms with E-state index in [1.54, 1.807) is 12.4 Å². The Morgan fingerprint density at radius 3 is 2.94 bits per heavy atom. The molecule has 0 spiro atoms. The normalized spacial score (nSPS) is 12.6. The molecule has 0 aliphatic carbocycles. The van der Waals surface area contributed by atoms with Gasteiger partial charge in [0.15, 0.2) is 0 Å². The van der Waals surface area contributed by atoms with Gasteiger partial charge in [0, 0.05) is 24.5 Å². The van der Waals surface area contributed by atoms with Crippen LogP contribution in [0.3, 0.4) is 0 Å². The van der Waals surface area contributed by atoms with Gasteiger partial charge in [-0.05, 0) is 25.0 Å². The zero-order chi connectivity index (χ0) is 12.3. The number of nitrogens with zero attached hydrogens (tertiary/aromatic N) is 3. The predicted octanol–water partition coefficient (Wildman–Crippen LogP) is 1.89. The molecule has 0 fully saturated rings. The maximum Gasteiger partial charge on any atom is 0.231 e. The van der Waals surface area contributed by atoms with Crippen molar-refractivity contribution in [3.05, 3.63) is 29.9 Å². The molecule has 5 heteroatoms. The molecule has 0 saturated heterocycles. The molecule has 1 unspecified atom stereocenters. The van der Waals surface area contributed by atoms with Crippen molar-refractivity contribution >= 4 is 0 Å². The maximum absolute atomic E-state index is 5.65. The van der Waals surface area contributed by atoms with Crippen LogP contribution in [-0.2, 0) is 0 Å². The molecule has 1 atom stereocenters. The van der Waals surface area contributed by atoms with Crippen molar-refractivity contribution in [2.75, 3.05) is 6.54 Å². The highest BCUT2D eigenvalue weighted by atomic mass is 16.5. The molecule has 0 aliphatic heterocycles. The number of nitrogens with two attached hydrogens (primary N) is 1. The molecular formula is C12H16N4O. The van der Waals surface area contributed by atoms with Crippen LogP contribution in [0.15, 0.2) is 23.0 Å². The standard InChI is InChI=1S/C12H16N4O/c1-3-9(6-13)12-15-11(16-17-12)10-7-14-5-4-8(10)2/h4-5,7,9H,3,6,13H2,1-2H3. The number of hydrogen-bond donors (Lipinski definition) is 1. The lowest BCUT2D eigenvalue weighted by atomic mass is 10.1. The van der Waals surface area contributed by atoms with Crippen LogP contribution in [0.1, 0.15) is 30.7 Å². The maximum atomic E-state index is 5.65. The SMILES string of the molecule is CCC(CN)c1nc(-c2cnccc2C)no1. The third kappa shape index (κ3) is 2.34. The molecule has 0 radical (unpaired) electrons. The molecular weight excluding hydrogens is 216 g/mol. The number of aryl methyl sites for hydroxylation is 1. The van der Waals surface area contributed by atoms with E-state index in [4.69, 9.17) is 10.3 Å². The van der Waals surface area contributed by atoms with Crippen LogP contribution in [0.5, 0.6) is 0 Å². The fourth-order valence-electron chi connectivity index (χ4n) is 1.65. The van der Waals surface area contributed by atoms with E-state index in [0.717, 1.165) is 17.5 Å². The highest BCUT2D eigenvalue weighted by Crippen LogP contribution is 2.22. The fourth-order valence-corrected chi connectivity index (χ4v) is 1.65. The third-order valence-corrected chi connectivity index (χ3v) is 2.85. The number of rotatable bonds is 4. The Hall–Kier alpha value is -1.75. The molecule has 2 heterocycles. The van der Waals surface area contributed by atoms with Crippen molar-refractivity contribution in [3.63, 3.8) is 0 Å². The molecule has 90 valence electrons. The second-order valence-corrected chi connectivity index (χ2v) is 3.99. The summed E-state index contributed by atoms with van der Waals surface area (Å²) in [6.45, 7) is 4.56. The van der Waals surface area contributed by atoms with Crippen molar-refractivity contribution in [2.24, 2.45) is 5.73 Å². The highest BCUT2D eigenvalue weighted by molar-refractivity contribution is 5.57. The highest BCUT2D eigenvalue weighted by Gasteiger charge is 2.17. The minimum absolute atomic E-state index is 0.133. The van der Waals surface area contributed by atoms with Crippen molar-refractivity contribution in [3.8, 4) is 11.4 Å². The Labute approximate surface area is 100 Å². The van der Waals surface area contributed by atoms with Crippen molar-refractivity contribution < 1.29 is 4.52 Å². The summed E-state index contributed by atoms with van der Waals surface area (Å²) in [4.78, 5) is 8.46. The van der Waals surface area contributed by atoms with Crippen LogP contribution >= 0.6 is 0 Å². The number of hydrogen-bond acceptors (Lipinski definition) is 5. The van der Waals surface area contributed by atoms with Gasteiger partial charge in [-0.2, -0.15) is 4.98 Å². The lowest BCUT2D eigenvalue weighted by Crippen LogP contribution is -2.11. The van der Waals surface area contributed by atoms with Crippen molar-refractivity contribution in [1.29, 1.82) is 0 Å². The van der Waals surface area contributed by atoms with Gasteiger partial charge in [-0.1, -0.05) is 12.1 Å². The van der Waals surface area contributed by atoms with Crippen LogP contribution in [0.2, 0.25) is 0 Å². The molecule has 0 saturated carbocycles. The molecule has 0 amide bonds. The van der Waals surface area contributed by atoms with Gasteiger partial charge in [0.05, 0.1) is 5.92 Å². The summed E-state index contributed by atoms with van der Waals surface area (Å²) in [5.41, 5.74) is 7.63. The molecule has 0 aliphatic rings. The zero-order valence-corrected chi connectivity index (χ0v) is 10.1. The first kappa shape index (κ1) is 11.7. The number of pyridine rings is 1. The number of aromatic nitrogens is 3. The molecule has 2 aromatic rings.